The molecule has 0 radical (unpaired) electrons. The topological polar surface area (TPSA) is 46.2 Å². The Morgan fingerprint density at radius 3 is 2.14 bits per heavy atom. The second-order valence-corrected chi connectivity index (χ2v) is 7.68. The molecule has 1 N–H and O–H groups in total. The lowest BCUT2D eigenvalue weighted by atomic mass is 10.0. The van der Waals surface area contributed by atoms with Crippen molar-refractivity contribution in [1.82, 2.24) is 4.72 Å². The summed E-state index contributed by atoms with van der Waals surface area (Å²) < 4.78 is 78.6. The van der Waals surface area contributed by atoms with Crippen LogP contribution in [-0.2, 0) is 16.2 Å². The van der Waals surface area contributed by atoms with Crippen LogP contribution in [0.15, 0.2) is 23.1 Å². The fraction of sp³-hybridized carbons (Fsp3) is 0.571. The Kier molecular flexibility index (Phi) is 5.29. The smallest absolute Gasteiger partial charge is 0.249 e. The third-order valence-corrected chi connectivity index (χ3v) is 4.77. The molecule has 1 aromatic rings. The fourth-order valence-electron chi connectivity index (χ4n) is 1.81. The minimum atomic E-state index is -4.82. The van der Waals surface area contributed by atoms with E-state index in [9.17, 15) is 26.0 Å². The van der Waals surface area contributed by atoms with Crippen LogP contribution >= 0.6 is 0 Å². The number of benzene rings is 1. The van der Waals surface area contributed by atoms with Gasteiger partial charge in [0.05, 0.1) is 16.0 Å². The van der Waals surface area contributed by atoms with Gasteiger partial charge in [0.1, 0.15) is 6.67 Å². The van der Waals surface area contributed by atoms with Gasteiger partial charge in [0.15, 0.2) is 0 Å². The number of alkyl halides is 4. The van der Waals surface area contributed by atoms with E-state index in [2.05, 4.69) is 0 Å². The van der Waals surface area contributed by atoms with Crippen molar-refractivity contribution in [1.29, 1.82) is 0 Å². The monoisotopic (exact) mass is 341 g/mol. The zero-order valence-corrected chi connectivity index (χ0v) is 13.6. The number of rotatable bonds is 5. The Bertz CT molecular complexity index is 637. The van der Waals surface area contributed by atoms with Gasteiger partial charge >= 0.3 is 6.18 Å². The van der Waals surface area contributed by atoms with Crippen molar-refractivity contribution in [2.45, 2.75) is 50.2 Å². The highest BCUT2D eigenvalue weighted by atomic mass is 32.2. The third-order valence-electron chi connectivity index (χ3n) is 3.01. The van der Waals surface area contributed by atoms with Crippen molar-refractivity contribution in [3.05, 3.63) is 29.3 Å². The van der Waals surface area contributed by atoms with Gasteiger partial charge in [0.2, 0.25) is 10.0 Å². The van der Waals surface area contributed by atoms with Crippen molar-refractivity contribution >= 4 is 10.0 Å². The molecule has 0 atom stereocenters. The van der Waals surface area contributed by atoms with E-state index in [1.165, 1.54) is 19.9 Å². The lowest BCUT2D eigenvalue weighted by molar-refractivity contribution is -0.140. The largest absolute Gasteiger partial charge is 0.417 e. The zero-order valence-electron chi connectivity index (χ0n) is 12.8. The maximum Gasteiger partial charge on any atom is 0.417 e. The first-order valence-corrected chi connectivity index (χ1v) is 8.09. The maximum atomic E-state index is 13.2. The average Bonchev–Trinajstić information content (AvgIpc) is 2.35. The molecule has 22 heavy (non-hydrogen) atoms. The predicted molar refractivity (Wildman–Crippen MR) is 75.9 cm³/mol. The molecule has 126 valence electrons. The van der Waals surface area contributed by atoms with Crippen molar-refractivity contribution in [3.8, 4) is 0 Å². The molecular formula is C14H19F4NO2S. The molecule has 0 heterocycles. The first-order valence-electron chi connectivity index (χ1n) is 6.61. The standard InChI is InChI=1S/C14H19F4NO2S/c1-9(2)10-5-6-12(11(7-10)14(16,17)18)22(20,21)19-13(3,4)8-15/h5-7,9,19H,8H2,1-4H3. The number of hydrogen-bond donors (Lipinski definition) is 1. The Balaban J connectivity index is 3.47. The molecule has 0 fully saturated rings. The average molecular weight is 341 g/mol. The molecule has 0 aliphatic carbocycles. The fourth-order valence-corrected chi connectivity index (χ4v) is 3.41. The van der Waals surface area contributed by atoms with Gasteiger partial charge in [-0.25, -0.2) is 17.5 Å². The van der Waals surface area contributed by atoms with E-state index in [4.69, 9.17) is 0 Å². The number of hydrogen-bond acceptors (Lipinski definition) is 2. The van der Waals surface area contributed by atoms with Crippen LogP contribution < -0.4 is 4.72 Å². The molecule has 0 saturated carbocycles. The van der Waals surface area contributed by atoms with Crippen molar-refractivity contribution in [3.63, 3.8) is 0 Å². The van der Waals surface area contributed by atoms with Crippen molar-refractivity contribution in [2.75, 3.05) is 6.67 Å². The summed E-state index contributed by atoms with van der Waals surface area (Å²) >= 11 is 0. The second-order valence-electron chi connectivity index (χ2n) is 6.03. The molecule has 0 saturated heterocycles. The van der Waals surface area contributed by atoms with Gasteiger partial charge < -0.3 is 0 Å². The zero-order chi connectivity index (χ0) is 17.3. The summed E-state index contributed by atoms with van der Waals surface area (Å²) in [4.78, 5) is -0.897. The van der Waals surface area contributed by atoms with Crippen LogP contribution in [0.2, 0.25) is 0 Å². The summed E-state index contributed by atoms with van der Waals surface area (Å²) in [7, 11) is -4.50. The van der Waals surface area contributed by atoms with Gasteiger partial charge in [-0.15, -0.1) is 0 Å². The third kappa shape index (κ3) is 4.42. The van der Waals surface area contributed by atoms with E-state index in [0.29, 0.717) is 5.56 Å². The SMILES string of the molecule is CC(C)c1ccc(S(=O)(=O)NC(C)(C)CF)c(C(F)(F)F)c1. The summed E-state index contributed by atoms with van der Waals surface area (Å²) in [6, 6.07) is 3.06. The van der Waals surface area contributed by atoms with Crippen LogP contribution in [0.4, 0.5) is 17.6 Å². The van der Waals surface area contributed by atoms with Gasteiger partial charge in [-0.2, -0.15) is 13.2 Å². The first kappa shape index (κ1) is 18.9. The highest BCUT2D eigenvalue weighted by Gasteiger charge is 2.39. The van der Waals surface area contributed by atoms with E-state index >= 15 is 0 Å². The van der Waals surface area contributed by atoms with E-state index in [1.54, 1.807) is 13.8 Å². The van der Waals surface area contributed by atoms with Crippen LogP contribution in [0.25, 0.3) is 0 Å². The van der Waals surface area contributed by atoms with Crippen molar-refractivity contribution in [2.24, 2.45) is 0 Å². The van der Waals surface area contributed by atoms with Crippen LogP contribution in [0.1, 0.15) is 44.7 Å². The van der Waals surface area contributed by atoms with Crippen LogP contribution in [-0.4, -0.2) is 20.6 Å². The normalized spacial score (nSPS) is 13.7. The Hall–Kier alpha value is -1.15. The van der Waals surface area contributed by atoms with E-state index in [-0.39, 0.29) is 5.92 Å². The van der Waals surface area contributed by atoms with Gasteiger partial charge in [-0.05, 0) is 37.5 Å². The Morgan fingerprint density at radius 1 is 1.18 bits per heavy atom. The number of nitrogens with one attached hydrogen (secondary N) is 1. The molecule has 3 nitrogen and oxygen atoms in total. The van der Waals surface area contributed by atoms with Crippen LogP contribution in [0, 0.1) is 0 Å². The lowest BCUT2D eigenvalue weighted by Crippen LogP contribution is -2.45. The molecule has 1 aromatic carbocycles. The number of halogens is 4. The quantitative estimate of drug-likeness (QED) is 0.827. The molecule has 8 heteroatoms. The summed E-state index contributed by atoms with van der Waals surface area (Å²) in [6.45, 7) is 4.86. The van der Waals surface area contributed by atoms with Gasteiger partial charge in [0, 0.05) is 0 Å². The molecular weight excluding hydrogens is 322 g/mol. The molecule has 0 bridgehead atoms. The van der Waals surface area contributed by atoms with Gasteiger partial charge in [-0.1, -0.05) is 19.9 Å². The first-order chi connectivity index (χ1) is 9.80. The molecule has 0 aliphatic rings. The van der Waals surface area contributed by atoms with Crippen LogP contribution in [0.5, 0.6) is 0 Å². The Labute approximate surface area is 127 Å². The molecule has 0 aromatic heterocycles. The highest BCUT2D eigenvalue weighted by Crippen LogP contribution is 2.36. The summed E-state index contributed by atoms with van der Waals surface area (Å²) in [6.07, 6.45) is -4.82. The van der Waals surface area contributed by atoms with Gasteiger partial charge in [-0.3, -0.25) is 0 Å². The second kappa shape index (κ2) is 6.16. The van der Waals surface area contributed by atoms with E-state index in [1.807, 2.05) is 4.72 Å². The minimum absolute atomic E-state index is 0.187. The summed E-state index contributed by atoms with van der Waals surface area (Å²) in [5, 5.41) is 0. The van der Waals surface area contributed by atoms with E-state index in [0.717, 1.165) is 12.1 Å². The summed E-state index contributed by atoms with van der Waals surface area (Å²) in [5.74, 6) is -0.187. The highest BCUT2D eigenvalue weighted by molar-refractivity contribution is 7.89. The summed E-state index contributed by atoms with van der Waals surface area (Å²) in [5.41, 5.74) is -2.37. The molecule has 0 unspecified atom stereocenters. The van der Waals surface area contributed by atoms with E-state index < -0.39 is 38.9 Å². The van der Waals surface area contributed by atoms with Gasteiger partial charge in [0.25, 0.3) is 0 Å². The lowest BCUT2D eigenvalue weighted by Gasteiger charge is -2.24. The molecule has 1 rings (SSSR count). The molecule has 0 aliphatic heterocycles. The maximum absolute atomic E-state index is 13.2. The predicted octanol–water partition coefficient (Wildman–Crippen LogP) is 3.86. The molecule has 0 amide bonds. The number of sulfonamides is 1. The van der Waals surface area contributed by atoms with Crippen molar-refractivity contribution < 1.29 is 26.0 Å². The Morgan fingerprint density at radius 2 is 1.73 bits per heavy atom. The minimum Gasteiger partial charge on any atom is -0.249 e. The molecule has 0 spiro atoms. The van der Waals surface area contributed by atoms with Crippen LogP contribution in [0.3, 0.4) is 0 Å².